The van der Waals surface area contributed by atoms with Gasteiger partial charge < -0.3 is 16.3 Å². The lowest BCUT2D eigenvalue weighted by Gasteiger charge is -2.28. The van der Waals surface area contributed by atoms with Gasteiger partial charge in [0, 0.05) is 29.4 Å². The number of hydrogen-bond donors (Lipinski definition) is 3. The fourth-order valence-electron chi connectivity index (χ4n) is 1.79. The largest absolute Gasteiger partial charge is 0.409 e. The Kier molecular flexibility index (Phi) is 7.58. The van der Waals surface area contributed by atoms with Crippen molar-refractivity contribution in [1.82, 2.24) is 5.32 Å². The van der Waals surface area contributed by atoms with E-state index >= 15 is 0 Å². The molecule has 0 heterocycles. The number of hydrogen-bond acceptors (Lipinski definition) is 4. The lowest BCUT2D eigenvalue weighted by Crippen LogP contribution is -2.49. The van der Waals surface area contributed by atoms with Crippen LogP contribution in [0.3, 0.4) is 0 Å². The van der Waals surface area contributed by atoms with Gasteiger partial charge in [0.15, 0.2) is 5.84 Å². The van der Waals surface area contributed by atoms with Crippen molar-refractivity contribution >= 4 is 22.5 Å². The van der Waals surface area contributed by atoms with Gasteiger partial charge in [-0.3, -0.25) is 9.00 Å². The molecular formula is C11H23N3O3S. The molecule has 0 aromatic heterocycles. The van der Waals surface area contributed by atoms with Crippen LogP contribution in [0.25, 0.3) is 0 Å². The van der Waals surface area contributed by atoms with Gasteiger partial charge in [0.25, 0.3) is 0 Å². The molecule has 0 aliphatic rings. The molecule has 0 aromatic carbocycles. The Labute approximate surface area is 110 Å². The zero-order valence-corrected chi connectivity index (χ0v) is 12.0. The molecule has 0 aliphatic carbocycles. The molecule has 0 aromatic rings. The molecule has 0 spiro atoms. The Morgan fingerprint density at radius 2 is 2.00 bits per heavy atom. The highest BCUT2D eigenvalue weighted by Gasteiger charge is 2.39. The van der Waals surface area contributed by atoms with Crippen LogP contribution in [0.1, 0.15) is 33.1 Å². The molecule has 6 nitrogen and oxygen atoms in total. The predicted molar refractivity (Wildman–Crippen MR) is 73.0 cm³/mol. The SMILES string of the molecule is CCC(CC)(C(=O)NCCCS(C)=O)C(N)=NO. The van der Waals surface area contributed by atoms with Gasteiger partial charge in [0.05, 0.1) is 0 Å². The van der Waals surface area contributed by atoms with E-state index in [1.54, 1.807) is 6.26 Å². The number of oxime groups is 1. The maximum absolute atomic E-state index is 12.1. The molecule has 0 bridgehead atoms. The Morgan fingerprint density at radius 1 is 1.44 bits per heavy atom. The van der Waals surface area contributed by atoms with Crippen LogP contribution in [0.4, 0.5) is 0 Å². The summed E-state index contributed by atoms with van der Waals surface area (Å²) in [5.74, 6) is 0.239. The third kappa shape index (κ3) is 4.29. The van der Waals surface area contributed by atoms with Crippen molar-refractivity contribution in [3.05, 3.63) is 0 Å². The molecule has 1 unspecified atom stereocenters. The van der Waals surface area contributed by atoms with E-state index in [0.717, 1.165) is 0 Å². The number of nitrogens with two attached hydrogens (primary N) is 1. The number of carbonyl (C=O) groups is 1. The summed E-state index contributed by atoms with van der Waals surface area (Å²) in [5, 5.41) is 14.5. The standard InChI is InChI=1S/C11H23N3O3S/c1-4-11(5-2,9(12)14-16)10(15)13-7-6-8-18(3)17/h16H,4-8H2,1-3H3,(H2,12,14)(H,13,15). The van der Waals surface area contributed by atoms with E-state index in [4.69, 9.17) is 10.9 Å². The van der Waals surface area contributed by atoms with Crippen molar-refractivity contribution in [3.8, 4) is 0 Å². The minimum Gasteiger partial charge on any atom is -0.409 e. The molecule has 18 heavy (non-hydrogen) atoms. The second kappa shape index (κ2) is 8.07. The van der Waals surface area contributed by atoms with Crippen molar-refractivity contribution in [2.24, 2.45) is 16.3 Å². The van der Waals surface area contributed by atoms with Crippen molar-refractivity contribution in [2.45, 2.75) is 33.1 Å². The highest BCUT2D eigenvalue weighted by Crippen LogP contribution is 2.26. The Bertz CT molecular complexity index is 327. The van der Waals surface area contributed by atoms with Gasteiger partial charge in [-0.15, -0.1) is 0 Å². The molecule has 4 N–H and O–H groups in total. The van der Waals surface area contributed by atoms with E-state index in [9.17, 15) is 9.00 Å². The maximum Gasteiger partial charge on any atom is 0.233 e. The summed E-state index contributed by atoms with van der Waals surface area (Å²) >= 11 is 0. The number of nitrogens with one attached hydrogen (secondary N) is 1. The first kappa shape index (κ1) is 16.9. The molecule has 7 heteroatoms. The monoisotopic (exact) mass is 277 g/mol. The molecule has 0 saturated carbocycles. The number of nitrogens with zero attached hydrogens (tertiary/aromatic N) is 1. The van der Waals surface area contributed by atoms with Gasteiger partial charge in [0.1, 0.15) is 5.41 Å². The number of rotatable bonds is 8. The second-order valence-electron chi connectivity index (χ2n) is 4.16. The molecule has 1 atom stereocenters. The molecular weight excluding hydrogens is 254 g/mol. The Morgan fingerprint density at radius 3 is 2.39 bits per heavy atom. The van der Waals surface area contributed by atoms with E-state index < -0.39 is 16.2 Å². The maximum atomic E-state index is 12.1. The fourth-order valence-corrected chi connectivity index (χ4v) is 2.34. The number of amides is 1. The quantitative estimate of drug-likeness (QED) is 0.197. The summed E-state index contributed by atoms with van der Waals surface area (Å²) < 4.78 is 10.9. The first-order valence-corrected chi connectivity index (χ1v) is 7.73. The van der Waals surface area contributed by atoms with Gasteiger partial charge in [0.2, 0.25) is 5.91 Å². The predicted octanol–water partition coefficient (Wildman–Crippen LogP) is 0.424. The Hall–Kier alpha value is -1.11. The highest BCUT2D eigenvalue weighted by molar-refractivity contribution is 7.84. The molecule has 106 valence electrons. The molecule has 0 aliphatic heterocycles. The smallest absolute Gasteiger partial charge is 0.233 e. The first-order chi connectivity index (χ1) is 8.44. The van der Waals surface area contributed by atoms with Gasteiger partial charge in [-0.2, -0.15) is 0 Å². The van der Waals surface area contributed by atoms with Gasteiger partial charge in [-0.05, 0) is 19.3 Å². The topological polar surface area (TPSA) is 105 Å². The minimum atomic E-state index is -0.958. The van der Waals surface area contributed by atoms with E-state index in [-0.39, 0.29) is 11.7 Å². The number of amidine groups is 1. The van der Waals surface area contributed by atoms with Gasteiger partial charge in [-0.1, -0.05) is 19.0 Å². The van der Waals surface area contributed by atoms with Crippen LogP contribution in [0.15, 0.2) is 5.16 Å². The van der Waals surface area contributed by atoms with Crippen LogP contribution in [0.5, 0.6) is 0 Å². The number of carbonyl (C=O) groups excluding carboxylic acids is 1. The van der Waals surface area contributed by atoms with E-state index in [1.807, 2.05) is 13.8 Å². The molecule has 1 amide bonds. The lowest BCUT2D eigenvalue weighted by molar-refractivity contribution is -0.128. The lowest BCUT2D eigenvalue weighted by atomic mass is 9.80. The van der Waals surface area contributed by atoms with Crippen LogP contribution in [0.2, 0.25) is 0 Å². The summed E-state index contributed by atoms with van der Waals surface area (Å²) in [6.07, 6.45) is 3.20. The average molecular weight is 277 g/mol. The molecule has 0 fully saturated rings. The normalized spacial score (nSPS) is 14.3. The van der Waals surface area contributed by atoms with Crippen molar-refractivity contribution in [2.75, 3.05) is 18.6 Å². The van der Waals surface area contributed by atoms with Crippen LogP contribution < -0.4 is 11.1 Å². The summed E-state index contributed by atoms with van der Waals surface area (Å²) in [4.78, 5) is 12.1. The van der Waals surface area contributed by atoms with Crippen molar-refractivity contribution < 1.29 is 14.2 Å². The van der Waals surface area contributed by atoms with E-state index in [1.165, 1.54) is 0 Å². The van der Waals surface area contributed by atoms with Crippen molar-refractivity contribution in [1.29, 1.82) is 0 Å². The zero-order valence-electron chi connectivity index (χ0n) is 11.2. The third-order valence-electron chi connectivity index (χ3n) is 3.13. The van der Waals surface area contributed by atoms with Crippen molar-refractivity contribution in [3.63, 3.8) is 0 Å². The summed E-state index contributed by atoms with van der Waals surface area (Å²) in [7, 11) is -0.855. The highest BCUT2D eigenvalue weighted by atomic mass is 32.2. The summed E-state index contributed by atoms with van der Waals surface area (Å²) in [6.45, 7) is 4.09. The van der Waals surface area contributed by atoms with Crippen LogP contribution in [-0.2, 0) is 15.6 Å². The molecule has 0 radical (unpaired) electrons. The van der Waals surface area contributed by atoms with Gasteiger partial charge in [-0.25, -0.2) is 0 Å². The summed E-state index contributed by atoms with van der Waals surface area (Å²) in [6, 6.07) is 0. The van der Waals surface area contributed by atoms with E-state index in [2.05, 4.69) is 10.5 Å². The minimum absolute atomic E-state index is 0.0657. The van der Waals surface area contributed by atoms with Gasteiger partial charge >= 0.3 is 0 Å². The molecule has 0 rings (SSSR count). The first-order valence-electron chi connectivity index (χ1n) is 6.00. The third-order valence-corrected chi connectivity index (χ3v) is 4.00. The van der Waals surface area contributed by atoms with Crippen LogP contribution in [0, 0.1) is 5.41 Å². The zero-order chi connectivity index (χ0) is 14.2. The summed E-state index contributed by atoms with van der Waals surface area (Å²) in [5.41, 5.74) is 4.66. The molecule has 0 saturated heterocycles. The second-order valence-corrected chi connectivity index (χ2v) is 5.72. The fraction of sp³-hybridized carbons (Fsp3) is 0.818. The Balaban J connectivity index is 4.55. The average Bonchev–Trinajstić information content (AvgIpc) is 2.36. The van der Waals surface area contributed by atoms with Crippen LogP contribution >= 0.6 is 0 Å². The van der Waals surface area contributed by atoms with Crippen LogP contribution in [-0.4, -0.2) is 39.7 Å². The van der Waals surface area contributed by atoms with E-state index in [0.29, 0.717) is 31.6 Å².